The molecule has 0 saturated heterocycles. The van der Waals surface area contributed by atoms with Crippen molar-refractivity contribution in [3.63, 3.8) is 0 Å². The molecule has 0 atom stereocenters. The number of rotatable bonds is 8. The van der Waals surface area contributed by atoms with E-state index < -0.39 is 0 Å². The Hall–Kier alpha value is -3.12. The molecule has 2 amide bonds. The lowest BCUT2D eigenvalue weighted by molar-refractivity contribution is 0.0785. The van der Waals surface area contributed by atoms with Crippen LogP contribution >= 0.6 is 11.3 Å². The summed E-state index contributed by atoms with van der Waals surface area (Å²) < 4.78 is 5.76. The zero-order valence-electron chi connectivity index (χ0n) is 17.8. The second-order valence-corrected chi connectivity index (χ2v) is 8.76. The Bertz CT molecular complexity index is 1060. The van der Waals surface area contributed by atoms with Crippen molar-refractivity contribution < 1.29 is 14.3 Å². The van der Waals surface area contributed by atoms with Crippen LogP contribution in [-0.2, 0) is 6.54 Å². The number of carbonyl (C=O) groups excluding carboxylic acids is 2. The number of hydrogen-bond donors (Lipinski definition) is 1. The van der Waals surface area contributed by atoms with Gasteiger partial charge in [-0.3, -0.25) is 9.59 Å². The van der Waals surface area contributed by atoms with E-state index in [0.717, 1.165) is 28.8 Å². The quantitative estimate of drug-likeness (QED) is 0.544. The fourth-order valence-electron chi connectivity index (χ4n) is 3.31. The first-order valence-corrected chi connectivity index (χ1v) is 11.3. The fraction of sp³-hybridized carbons (Fsp3) is 0.280. The van der Waals surface area contributed by atoms with Crippen LogP contribution in [0, 0.1) is 0 Å². The minimum atomic E-state index is -0.0776. The topological polar surface area (TPSA) is 58.6 Å². The van der Waals surface area contributed by atoms with Gasteiger partial charge in [-0.15, -0.1) is 11.3 Å². The highest BCUT2D eigenvalue weighted by Gasteiger charge is 2.24. The molecule has 1 heterocycles. The molecule has 1 saturated carbocycles. The molecule has 6 heteroatoms. The highest BCUT2D eigenvalue weighted by atomic mass is 32.1. The molecule has 0 unspecified atom stereocenters. The second-order valence-electron chi connectivity index (χ2n) is 7.71. The first-order valence-electron chi connectivity index (χ1n) is 10.5. The van der Waals surface area contributed by atoms with Gasteiger partial charge in [0.1, 0.15) is 10.6 Å². The van der Waals surface area contributed by atoms with Gasteiger partial charge < -0.3 is 15.0 Å². The highest BCUT2D eigenvalue weighted by Crippen LogP contribution is 2.37. The van der Waals surface area contributed by atoms with Gasteiger partial charge in [0.25, 0.3) is 11.8 Å². The van der Waals surface area contributed by atoms with Crippen LogP contribution in [0.1, 0.15) is 45.4 Å². The lowest BCUT2D eigenvalue weighted by Crippen LogP contribution is -2.26. The summed E-state index contributed by atoms with van der Waals surface area (Å²) in [6, 6.07) is 19.7. The van der Waals surface area contributed by atoms with Crippen molar-refractivity contribution in [2.45, 2.75) is 32.4 Å². The van der Waals surface area contributed by atoms with E-state index in [-0.39, 0.29) is 11.8 Å². The van der Waals surface area contributed by atoms with E-state index in [0.29, 0.717) is 35.4 Å². The minimum Gasteiger partial charge on any atom is -0.492 e. The predicted octanol–water partition coefficient (Wildman–Crippen LogP) is 4.98. The van der Waals surface area contributed by atoms with Crippen LogP contribution < -0.4 is 10.1 Å². The Morgan fingerprint density at radius 2 is 1.81 bits per heavy atom. The summed E-state index contributed by atoms with van der Waals surface area (Å²) >= 11 is 1.45. The van der Waals surface area contributed by atoms with Gasteiger partial charge in [0.2, 0.25) is 0 Å². The van der Waals surface area contributed by atoms with Crippen LogP contribution in [0.3, 0.4) is 0 Å². The Morgan fingerprint density at radius 3 is 2.45 bits per heavy atom. The van der Waals surface area contributed by atoms with Gasteiger partial charge in [0, 0.05) is 30.1 Å². The second kappa shape index (κ2) is 9.35. The number of nitrogens with one attached hydrogen (secondary N) is 1. The summed E-state index contributed by atoms with van der Waals surface area (Å²) in [5, 5.41) is 2.99. The molecule has 0 bridgehead atoms. The van der Waals surface area contributed by atoms with Crippen LogP contribution in [0.15, 0.2) is 60.7 Å². The molecule has 31 heavy (non-hydrogen) atoms. The smallest absolute Gasteiger partial charge is 0.267 e. The van der Waals surface area contributed by atoms with Crippen molar-refractivity contribution in [3.8, 4) is 16.2 Å². The average Bonchev–Trinajstić information content (AvgIpc) is 3.51. The lowest BCUT2D eigenvalue weighted by Gasteiger charge is -2.17. The molecule has 1 N–H and O–H groups in total. The first-order chi connectivity index (χ1) is 15.0. The molecule has 1 aromatic heterocycles. The summed E-state index contributed by atoms with van der Waals surface area (Å²) in [7, 11) is 1.79. The normalized spacial score (nSPS) is 13.0. The molecular formula is C25H26N2O3S. The van der Waals surface area contributed by atoms with Gasteiger partial charge >= 0.3 is 0 Å². The van der Waals surface area contributed by atoms with Crippen LogP contribution in [0.4, 0.5) is 0 Å². The van der Waals surface area contributed by atoms with Crippen molar-refractivity contribution in [1.82, 2.24) is 10.2 Å². The molecule has 0 spiro atoms. The molecule has 4 rings (SSSR count). The number of ether oxygens (including phenoxy) is 1. The summed E-state index contributed by atoms with van der Waals surface area (Å²) in [4.78, 5) is 28.6. The molecule has 1 aliphatic carbocycles. The number of amides is 2. The van der Waals surface area contributed by atoms with E-state index in [1.165, 1.54) is 11.3 Å². The Labute approximate surface area is 186 Å². The molecule has 1 aliphatic rings. The van der Waals surface area contributed by atoms with E-state index in [2.05, 4.69) is 5.32 Å². The van der Waals surface area contributed by atoms with Crippen LogP contribution in [-0.4, -0.2) is 36.4 Å². The number of hydrogen-bond acceptors (Lipinski definition) is 4. The van der Waals surface area contributed by atoms with Crippen molar-refractivity contribution in [1.29, 1.82) is 0 Å². The van der Waals surface area contributed by atoms with Gasteiger partial charge in [-0.1, -0.05) is 42.5 Å². The third-order valence-electron chi connectivity index (χ3n) is 5.15. The SMILES string of the molecule is CCOc1cc(-c2ccccc2)sc1C(=O)N(C)Cc1ccc(C(=O)NC2CC2)cc1. The van der Waals surface area contributed by atoms with E-state index in [1.54, 1.807) is 11.9 Å². The van der Waals surface area contributed by atoms with Crippen LogP contribution in [0.25, 0.3) is 10.4 Å². The molecule has 2 aromatic carbocycles. The summed E-state index contributed by atoms with van der Waals surface area (Å²) in [6.07, 6.45) is 2.13. The third kappa shape index (κ3) is 5.14. The summed E-state index contributed by atoms with van der Waals surface area (Å²) in [5.41, 5.74) is 2.68. The van der Waals surface area contributed by atoms with Crippen molar-refractivity contribution in [2.24, 2.45) is 0 Å². The van der Waals surface area contributed by atoms with E-state index in [9.17, 15) is 9.59 Å². The van der Waals surface area contributed by atoms with Crippen molar-refractivity contribution >= 4 is 23.2 Å². The molecular weight excluding hydrogens is 408 g/mol. The summed E-state index contributed by atoms with van der Waals surface area (Å²) in [5.74, 6) is 0.508. The van der Waals surface area contributed by atoms with Gasteiger partial charge in [0.15, 0.2) is 0 Å². The van der Waals surface area contributed by atoms with Gasteiger partial charge in [-0.25, -0.2) is 0 Å². The third-order valence-corrected chi connectivity index (χ3v) is 6.30. The largest absolute Gasteiger partial charge is 0.492 e. The van der Waals surface area contributed by atoms with Crippen LogP contribution in [0.5, 0.6) is 5.75 Å². The molecule has 0 aliphatic heterocycles. The maximum Gasteiger partial charge on any atom is 0.267 e. The predicted molar refractivity (Wildman–Crippen MR) is 124 cm³/mol. The standard InChI is InChI=1S/C25H26N2O3S/c1-3-30-21-15-22(18-7-5-4-6-8-18)31-23(21)25(29)27(2)16-17-9-11-19(12-10-17)24(28)26-20-13-14-20/h4-12,15,20H,3,13-14,16H2,1-2H3,(H,26,28). The van der Waals surface area contributed by atoms with Crippen LogP contribution in [0.2, 0.25) is 0 Å². The Balaban J connectivity index is 1.47. The fourth-order valence-corrected chi connectivity index (χ4v) is 4.41. The maximum atomic E-state index is 13.2. The molecule has 0 radical (unpaired) electrons. The zero-order valence-corrected chi connectivity index (χ0v) is 18.6. The highest BCUT2D eigenvalue weighted by molar-refractivity contribution is 7.17. The minimum absolute atomic E-state index is 0.0353. The molecule has 5 nitrogen and oxygen atoms in total. The molecule has 1 fully saturated rings. The number of benzene rings is 2. The van der Waals surface area contributed by atoms with Crippen molar-refractivity contribution in [2.75, 3.05) is 13.7 Å². The van der Waals surface area contributed by atoms with E-state index >= 15 is 0 Å². The monoisotopic (exact) mass is 434 g/mol. The lowest BCUT2D eigenvalue weighted by atomic mass is 10.1. The number of carbonyl (C=O) groups is 2. The number of thiophene rings is 1. The van der Waals surface area contributed by atoms with Gasteiger partial charge in [-0.05, 0) is 49.1 Å². The van der Waals surface area contributed by atoms with Gasteiger partial charge in [0.05, 0.1) is 6.61 Å². The van der Waals surface area contributed by atoms with Gasteiger partial charge in [-0.2, -0.15) is 0 Å². The molecule has 3 aromatic rings. The van der Waals surface area contributed by atoms with E-state index in [4.69, 9.17) is 4.74 Å². The van der Waals surface area contributed by atoms with E-state index in [1.807, 2.05) is 67.6 Å². The zero-order chi connectivity index (χ0) is 21.8. The van der Waals surface area contributed by atoms with Crippen molar-refractivity contribution in [3.05, 3.63) is 76.7 Å². The summed E-state index contributed by atoms with van der Waals surface area (Å²) in [6.45, 7) is 2.87. The number of nitrogens with zero attached hydrogens (tertiary/aromatic N) is 1. The Kier molecular flexibility index (Phi) is 6.37. The molecule has 160 valence electrons. The first kappa shape index (κ1) is 21.1. The Morgan fingerprint density at radius 1 is 1.10 bits per heavy atom. The average molecular weight is 435 g/mol. The maximum absolute atomic E-state index is 13.2.